The fourth-order valence-corrected chi connectivity index (χ4v) is 3.50. The van der Waals surface area contributed by atoms with Crippen molar-refractivity contribution >= 4 is 17.2 Å². The summed E-state index contributed by atoms with van der Waals surface area (Å²) in [6.07, 6.45) is 1.79. The predicted molar refractivity (Wildman–Crippen MR) is 87.2 cm³/mol. The molecule has 1 aliphatic heterocycles. The number of thiazole rings is 1. The lowest BCUT2D eigenvalue weighted by Gasteiger charge is -2.31. The molecule has 6 nitrogen and oxygen atoms in total. The molecule has 3 heterocycles. The van der Waals surface area contributed by atoms with Crippen molar-refractivity contribution in [2.45, 2.75) is 32.7 Å². The van der Waals surface area contributed by atoms with Crippen LogP contribution in [0.1, 0.15) is 42.9 Å². The van der Waals surface area contributed by atoms with Gasteiger partial charge >= 0.3 is 0 Å². The molecule has 0 spiro atoms. The van der Waals surface area contributed by atoms with E-state index in [4.69, 9.17) is 0 Å². The van der Waals surface area contributed by atoms with Gasteiger partial charge in [0, 0.05) is 36.8 Å². The zero-order valence-corrected chi connectivity index (χ0v) is 13.9. The van der Waals surface area contributed by atoms with E-state index in [9.17, 15) is 4.79 Å². The molecule has 1 saturated heterocycles. The van der Waals surface area contributed by atoms with E-state index in [1.807, 2.05) is 10.3 Å². The average molecular weight is 319 g/mol. The highest BCUT2D eigenvalue weighted by molar-refractivity contribution is 7.13. The number of amides is 1. The van der Waals surface area contributed by atoms with E-state index in [2.05, 4.69) is 41.3 Å². The van der Waals surface area contributed by atoms with Crippen LogP contribution in [0.15, 0.2) is 11.6 Å². The number of aromatic amines is 1. The first kappa shape index (κ1) is 15.2. The van der Waals surface area contributed by atoms with E-state index >= 15 is 0 Å². The number of carbonyl (C=O) groups is 1. The highest BCUT2D eigenvalue weighted by Crippen LogP contribution is 2.30. The molecule has 22 heavy (non-hydrogen) atoms. The number of nitrogens with one attached hydrogen (secondary N) is 2. The molecule has 2 aromatic rings. The topological polar surface area (TPSA) is 73.9 Å². The molecule has 1 atom stereocenters. The molecule has 0 radical (unpaired) electrons. The first-order valence-electron chi connectivity index (χ1n) is 7.58. The van der Waals surface area contributed by atoms with Crippen LogP contribution in [0.2, 0.25) is 0 Å². The smallest absolute Gasteiger partial charge is 0.273 e. The molecular weight excluding hydrogens is 298 g/mol. The molecule has 2 aromatic heterocycles. The fraction of sp³-hybridized carbons (Fsp3) is 0.533. The minimum absolute atomic E-state index is 0.0189. The average Bonchev–Trinajstić information content (AvgIpc) is 3.15. The summed E-state index contributed by atoms with van der Waals surface area (Å²) in [5, 5.41) is 13.2. The van der Waals surface area contributed by atoms with Crippen LogP contribution in [0.5, 0.6) is 0 Å². The van der Waals surface area contributed by atoms with Gasteiger partial charge in [0.25, 0.3) is 5.91 Å². The minimum atomic E-state index is 0.0189. The van der Waals surface area contributed by atoms with Gasteiger partial charge in [0.15, 0.2) is 0 Å². The molecule has 0 saturated carbocycles. The Labute approximate surface area is 133 Å². The molecular formula is C15H21N5OS. The van der Waals surface area contributed by atoms with Crippen LogP contribution in [0.3, 0.4) is 0 Å². The summed E-state index contributed by atoms with van der Waals surface area (Å²) in [6, 6.07) is 0.331. The van der Waals surface area contributed by atoms with Crippen molar-refractivity contribution in [2.75, 3.05) is 19.6 Å². The van der Waals surface area contributed by atoms with Crippen LogP contribution >= 0.6 is 11.3 Å². The molecule has 1 fully saturated rings. The van der Waals surface area contributed by atoms with Crippen LogP contribution in [-0.2, 0) is 0 Å². The summed E-state index contributed by atoms with van der Waals surface area (Å²) in [6.45, 7) is 8.61. The maximum Gasteiger partial charge on any atom is 0.273 e. The van der Waals surface area contributed by atoms with Crippen molar-refractivity contribution in [1.29, 1.82) is 0 Å². The highest BCUT2D eigenvalue weighted by Gasteiger charge is 2.24. The summed E-state index contributed by atoms with van der Waals surface area (Å²) >= 11 is 1.50. The maximum atomic E-state index is 12.6. The third-order valence-corrected chi connectivity index (χ3v) is 4.73. The Bertz CT molecular complexity index is 662. The number of nitrogens with zero attached hydrogens (tertiary/aromatic N) is 3. The number of H-pyrrole nitrogens is 1. The van der Waals surface area contributed by atoms with Gasteiger partial charge in [-0.25, -0.2) is 4.98 Å². The van der Waals surface area contributed by atoms with Gasteiger partial charge in [-0.05, 0) is 12.8 Å². The van der Waals surface area contributed by atoms with E-state index in [0.717, 1.165) is 35.9 Å². The van der Waals surface area contributed by atoms with Crippen molar-refractivity contribution in [3.63, 3.8) is 0 Å². The summed E-state index contributed by atoms with van der Waals surface area (Å²) < 4.78 is 0. The van der Waals surface area contributed by atoms with Gasteiger partial charge in [-0.3, -0.25) is 9.89 Å². The number of piperazine rings is 1. The zero-order valence-electron chi connectivity index (χ0n) is 13.1. The number of hydrogen-bond acceptors (Lipinski definition) is 5. The van der Waals surface area contributed by atoms with Crippen molar-refractivity contribution in [1.82, 2.24) is 25.4 Å². The van der Waals surface area contributed by atoms with E-state index in [1.54, 1.807) is 6.20 Å². The first-order chi connectivity index (χ1) is 10.6. The number of rotatable bonds is 3. The molecule has 7 heteroatoms. The second-order valence-corrected chi connectivity index (χ2v) is 6.85. The minimum Gasteiger partial charge on any atom is -0.334 e. The Morgan fingerprint density at radius 3 is 3.05 bits per heavy atom. The van der Waals surface area contributed by atoms with E-state index in [-0.39, 0.29) is 5.91 Å². The van der Waals surface area contributed by atoms with Crippen LogP contribution in [0, 0.1) is 0 Å². The predicted octanol–water partition coefficient (Wildman–Crippen LogP) is 2.09. The molecule has 0 aromatic carbocycles. The quantitative estimate of drug-likeness (QED) is 0.908. The number of aromatic nitrogens is 3. The van der Waals surface area contributed by atoms with Gasteiger partial charge in [0.05, 0.1) is 11.8 Å². The molecule has 118 valence electrons. The lowest BCUT2D eigenvalue weighted by molar-refractivity contribution is 0.0704. The third-order valence-electron chi connectivity index (χ3n) is 3.86. The Balaban J connectivity index is 1.81. The molecule has 0 bridgehead atoms. The van der Waals surface area contributed by atoms with Crippen LogP contribution in [0.25, 0.3) is 10.6 Å². The SMILES string of the molecule is CC(C)c1[nH]ncc1-c1nc(C(=O)N2CCN[C@@H](C)C2)cs1. The summed E-state index contributed by atoms with van der Waals surface area (Å²) in [5.74, 6) is 0.361. The summed E-state index contributed by atoms with van der Waals surface area (Å²) in [4.78, 5) is 19.0. The van der Waals surface area contributed by atoms with Crippen LogP contribution in [-0.4, -0.2) is 51.7 Å². The first-order valence-corrected chi connectivity index (χ1v) is 8.46. The van der Waals surface area contributed by atoms with E-state index in [0.29, 0.717) is 17.7 Å². The lowest BCUT2D eigenvalue weighted by Crippen LogP contribution is -2.51. The van der Waals surface area contributed by atoms with Crippen molar-refractivity contribution in [3.05, 3.63) is 23.0 Å². The molecule has 0 aliphatic carbocycles. The second-order valence-electron chi connectivity index (χ2n) is 6.00. The normalized spacial score (nSPS) is 18.9. The molecule has 1 amide bonds. The van der Waals surface area contributed by atoms with Crippen molar-refractivity contribution in [2.24, 2.45) is 0 Å². The second kappa shape index (κ2) is 6.18. The van der Waals surface area contributed by atoms with E-state index < -0.39 is 0 Å². The third kappa shape index (κ3) is 2.91. The maximum absolute atomic E-state index is 12.6. The Morgan fingerprint density at radius 1 is 1.50 bits per heavy atom. The standard InChI is InChI=1S/C15H21N5OS/c1-9(2)13-11(6-17-19-13)14-18-12(8-22-14)15(21)20-5-4-16-10(3)7-20/h6,8-10,16H,4-5,7H2,1-3H3,(H,17,19)/t10-/m0/s1. The van der Waals surface area contributed by atoms with Gasteiger partial charge in [-0.1, -0.05) is 13.8 Å². The monoisotopic (exact) mass is 319 g/mol. The number of carbonyl (C=O) groups excluding carboxylic acids is 1. The Kier molecular flexibility index (Phi) is 4.26. The largest absolute Gasteiger partial charge is 0.334 e. The van der Waals surface area contributed by atoms with Gasteiger partial charge in [0.2, 0.25) is 0 Å². The van der Waals surface area contributed by atoms with Crippen LogP contribution in [0.4, 0.5) is 0 Å². The lowest BCUT2D eigenvalue weighted by atomic mass is 10.1. The number of hydrogen-bond donors (Lipinski definition) is 2. The van der Waals surface area contributed by atoms with Gasteiger partial charge in [-0.2, -0.15) is 5.10 Å². The molecule has 2 N–H and O–H groups in total. The van der Waals surface area contributed by atoms with Gasteiger partial charge < -0.3 is 10.2 Å². The molecule has 0 unspecified atom stereocenters. The van der Waals surface area contributed by atoms with Crippen molar-refractivity contribution < 1.29 is 4.79 Å². The molecule has 3 rings (SSSR count). The van der Waals surface area contributed by atoms with E-state index in [1.165, 1.54) is 11.3 Å². The summed E-state index contributed by atoms with van der Waals surface area (Å²) in [7, 11) is 0. The van der Waals surface area contributed by atoms with Gasteiger partial charge in [-0.15, -0.1) is 11.3 Å². The molecule has 1 aliphatic rings. The fourth-order valence-electron chi connectivity index (χ4n) is 2.68. The van der Waals surface area contributed by atoms with Gasteiger partial charge in [0.1, 0.15) is 10.7 Å². The zero-order chi connectivity index (χ0) is 15.7. The van der Waals surface area contributed by atoms with Crippen LogP contribution < -0.4 is 5.32 Å². The summed E-state index contributed by atoms with van der Waals surface area (Å²) in [5.41, 5.74) is 2.59. The Morgan fingerprint density at radius 2 is 2.32 bits per heavy atom. The van der Waals surface area contributed by atoms with Crippen molar-refractivity contribution in [3.8, 4) is 10.6 Å². The Hall–Kier alpha value is -1.73. The highest BCUT2D eigenvalue weighted by atomic mass is 32.1.